The van der Waals surface area contributed by atoms with Gasteiger partial charge in [0.1, 0.15) is 0 Å². The number of carboxylic acid groups (broad SMARTS) is 1. The molecule has 4 heteroatoms. The number of hydrogen-bond donors (Lipinski definition) is 2. The molecule has 3 N–H and O–H groups in total. The predicted octanol–water partition coefficient (Wildman–Crippen LogP) is 2.43. The first-order chi connectivity index (χ1) is 6.22. The van der Waals surface area contributed by atoms with Crippen LogP contribution in [0.25, 0.3) is 0 Å². The van der Waals surface area contributed by atoms with Gasteiger partial charge in [-0.3, -0.25) is 4.79 Å². The van der Waals surface area contributed by atoms with Crippen LogP contribution in [-0.2, 0) is 4.79 Å². The zero-order valence-electron chi connectivity index (χ0n) is 8.87. The normalized spacial score (nSPS) is 11.9. The third kappa shape index (κ3) is 8.32. The molecule has 1 unspecified atom stereocenters. The Morgan fingerprint density at radius 2 is 1.93 bits per heavy atom. The SMILES string of the molecule is CCCC(CCCCCN)C(=O)O.Cl. The number of halogens is 1. The summed E-state index contributed by atoms with van der Waals surface area (Å²) >= 11 is 0. The van der Waals surface area contributed by atoms with E-state index < -0.39 is 5.97 Å². The molecule has 0 spiro atoms. The number of nitrogens with two attached hydrogens (primary N) is 1. The number of aliphatic carboxylic acids is 1. The Hall–Kier alpha value is -0.280. The molecule has 0 aliphatic heterocycles. The summed E-state index contributed by atoms with van der Waals surface area (Å²) in [4.78, 5) is 10.7. The summed E-state index contributed by atoms with van der Waals surface area (Å²) in [7, 11) is 0. The molecule has 0 aromatic heterocycles. The first-order valence-electron chi connectivity index (χ1n) is 5.15. The Labute approximate surface area is 92.5 Å². The number of unbranched alkanes of at least 4 members (excludes halogenated alkanes) is 2. The van der Waals surface area contributed by atoms with Crippen LogP contribution in [0.2, 0.25) is 0 Å². The number of rotatable bonds is 8. The van der Waals surface area contributed by atoms with Gasteiger partial charge in [0, 0.05) is 0 Å². The maximum Gasteiger partial charge on any atom is 0.306 e. The van der Waals surface area contributed by atoms with Crippen molar-refractivity contribution in [2.45, 2.75) is 45.4 Å². The molecule has 0 aromatic rings. The molecular weight excluding hydrogens is 202 g/mol. The van der Waals surface area contributed by atoms with Gasteiger partial charge >= 0.3 is 5.97 Å². The first kappa shape index (κ1) is 16.2. The Kier molecular flexibility index (Phi) is 12.5. The van der Waals surface area contributed by atoms with E-state index in [1.54, 1.807) is 0 Å². The first-order valence-corrected chi connectivity index (χ1v) is 5.15. The van der Waals surface area contributed by atoms with E-state index >= 15 is 0 Å². The monoisotopic (exact) mass is 223 g/mol. The van der Waals surface area contributed by atoms with Crippen LogP contribution in [0.5, 0.6) is 0 Å². The molecule has 0 amide bonds. The minimum atomic E-state index is -0.644. The molecule has 0 aliphatic rings. The van der Waals surface area contributed by atoms with E-state index in [4.69, 9.17) is 10.8 Å². The van der Waals surface area contributed by atoms with Gasteiger partial charge in [-0.15, -0.1) is 12.4 Å². The van der Waals surface area contributed by atoms with Crippen LogP contribution in [0.1, 0.15) is 45.4 Å². The maximum absolute atomic E-state index is 10.7. The molecule has 0 heterocycles. The van der Waals surface area contributed by atoms with Crippen LogP contribution in [0, 0.1) is 5.92 Å². The lowest BCUT2D eigenvalue weighted by Gasteiger charge is -2.09. The lowest BCUT2D eigenvalue weighted by Crippen LogP contribution is -2.13. The third-order valence-corrected chi connectivity index (χ3v) is 2.24. The van der Waals surface area contributed by atoms with Crippen molar-refractivity contribution >= 4 is 18.4 Å². The Morgan fingerprint density at radius 1 is 1.29 bits per heavy atom. The highest BCUT2D eigenvalue weighted by Gasteiger charge is 2.14. The maximum atomic E-state index is 10.7. The summed E-state index contributed by atoms with van der Waals surface area (Å²) in [6.07, 6.45) is 5.63. The van der Waals surface area contributed by atoms with E-state index in [1.165, 1.54) is 0 Å². The second-order valence-corrected chi connectivity index (χ2v) is 3.46. The summed E-state index contributed by atoms with van der Waals surface area (Å²) in [5, 5.41) is 8.84. The van der Waals surface area contributed by atoms with Gasteiger partial charge in [-0.05, 0) is 25.8 Å². The average molecular weight is 224 g/mol. The molecule has 0 bridgehead atoms. The van der Waals surface area contributed by atoms with Crippen molar-refractivity contribution in [3.63, 3.8) is 0 Å². The van der Waals surface area contributed by atoms with Crippen molar-refractivity contribution in [3.8, 4) is 0 Å². The van der Waals surface area contributed by atoms with E-state index in [0.29, 0.717) is 6.54 Å². The Balaban J connectivity index is 0. The molecule has 3 nitrogen and oxygen atoms in total. The molecule has 0 saturated heterocycles. The second-order valence-electron chi connectivity index (χ2n) is 3.46. The molecule has 86 valence electrons. The van der Waals surface area contributed by atoms with Crippen LogP contribution in [0.3, 0.4) is 0 Å². The van der Waals surface area contributed by atoms with Crippen molar-refractivity contribution in [1.82, 2.24) is 0 Å². The molecular formula is C10H22ClNO2. The Morgan fingerprint density at radius 3 is 2.36 bits per heavy atom. The number of carboxylic acids is 1. The molecule has 0 saturated carbocycles. The summed E-state index contributed by atoms with van der Waals surface area (Å²) in [6, 6.07) is 0. The van der Waals surface area contributed by atoms with Crippen molar-refractivity contribution in [1.29, 1.82) is 0 Å². The topological polar surface area (TPSA) is 63.3 Å². The van der Waals surface area contributed by atoms with Gasteiger partial charge in [-0.2, -0.15) is 0 Å². The fraction of sp³-hybridized carbons (Fsp3) is 0.900. The van der Waals surface area contributed by atoms with Crippen molar-refractivity contribution in [2.75, 3.05) is 6.54 Å². The smallest absolute Gasteiger partial charge is 0.306 e. The molecule has 0 radical (unpaired) electrons. The van der Waals surface area contributed by atoms with Gasteiger partial charge in [-0.25, -0.2) is 0 Å². The van der Waals surface area contributed by atoms with Gasteiger partial charge in [0.05, 0.1) is 5.92 Å². The van der Waals surface area contributed by atoms with E-state index in [-0.39, 0.29) is 18.3 Å². The highest BCUT2D eigenvalue weighted by atomic mass is 35.5. The van der Waals surface area contributed by atoms with Crippen LogP contribution >= 0.6 is 12.4 Å². The zero-order chi connectivity index (χ0) is 10.1. The fourth-order valence-corrected chi connectivity index (χ4v) is 1.45. The molecule has 0 fully saturated rings. The minimum Gasteiger partial charge on any atom is -0.481 e. The predicted molar refractivity (Wildman–Crippen MR) is 60.8 cm³/mol. The van der Waals surface area contributed by atoms with E-state index in [2.05, 4.69) is 0 Å². The summed E-state index contributed by atoms with van der Waals surface area (Å²) in [5.74, 6) is -0.780. The molecule has 0 aliphatic carbocycles. The molecule has 14 heavy (non-hydrogen) atoms. The summed E-state index contributed by atoms with van der Waals surface area (Å²) in [5.41, 5.74) is 5.35. The van der Waals surface area contributed by atoms with E-state index in [1.807, 2.05) is 6.92 Å². The second kappa shape index (κ2) is 10.8. The molecule has 1 atom stereocenters. The van der Waals surface area contributed by atoms with Gasteiger partial charge in [0.15, 0.2) is 0 Å². The van der Waals surface area contributed by atoms with Gasteiger partial charge in [-0.1, -0.05) is 26.2 Å². The standard InChI is InChI=1S/C10H21NO2.ClH/c1-2-6-9(10(12)13)7-4-3-5-8-11;/h9H,2-8,11H2,1H3,(H,12,13);1H. The van der Waals surface area contributed by atoms with E-state index in [9.17, 15) is 4.79 Å². The van der Waals surface area contributed by atoms with Crippen LogP contribution < -0.4 is 5.73 Å². The fourth-order valence-electron chi connectivity index (χ4n) is 1.45. The minimum absolute atomic E-state index is 0. The number of hydrogen-bond acceptors (Lipinski definition) is 2. The van der Waals surface area contributed by atoms with Crippen LogP contribution in [0.15, 0.2) is 0 Å². The van der Waals surface area contributed by atoms with Crippen molar-refractivity contribution in [2.24, 2.45) is 11.7 Å². The largest absolute Gasteiger partial charge is 0.481 e. The number of carbonyl (C=O) groups is 1. The quantitative estimate of drug-likeness (QED) is 0.622. The van der Waals surface area contributed by atoms with E-state index in [0.717, 1.165) is 38.5 Å². The van der Waals surface area contributed by atoms with Gasteiger partial charge in [0.25, 0.3) is 0 Å². The Bertz CT molecular complexity index is 142. The van der Waals surface area contributed by atoms with Crippen LogP contribution in [0.4, 0.5) is 0 Å². The van der Waals surface area contributed by atoms with Gasteiger partial charge in [0.2, 0.25) is 0 Å². The summed E-state index contributed by atoms with van der Waals surface area (Å²) in [6.45, 7) is 2.74. The highest BCUT2D eigenvalue weighted by Crippen LogP contribution is 2.15. The molecule has 0 rings (SSSR count). The van der Waals surface area contributed by atoms with Crippen LogP contribution in [-0.4, -0.2) is 17.6 Å². The molecule has 0 aromatic carbocycles. The average Bonchev–Trinajstić information content (AvgIpc) is 2.10. The lowest BCUT2D eigenvalue weighted by atomic mass is 9.97. The lowest BCUT2D eigenvalue weighted by molar-refractivity contribution is -0.142. The van der Waals surface area contributed by atoms with Gasteiger partial charge < -0.3 is 10.8 Å². The summed E-state index contributed by atoms with van der Waals surface area (Å²) < 4.78 is 0. The zero-order valence-corrected chi connectivity index (χ0v) is 9.68. The van der Waals surface area contributed by atoms with Crippen molar-refractivity contribution < 1.29 is 9.90 Å². The highest BCUT2D eigenvalue weighted by molar-refractivity contribution is 5.85. The third-order valence-electron chi connectivity index (χ3n) is 2.24. The van der Waals surface area contributed by atoms with Crippen molar-refractivity contribution in [3.05, 3.63) is 0 Å².